The number of nitrogens with one attached hydrogen (secondary N) is 1. The summed E-state index contributed by atoms with van der Waals surface area (Å²) in [5.74, 6) is 0. The van der Waals surface area contributed by atoms with Crippen molar-refractivity contribution in [2.45, 2.75) is 64.8 Å². The van der Waals surface area contributed by atoms with Gasteiger partial charge in [-0.05, 0) is 62.6 Å². The van der Waals surface area contributed by atoms with E-state index in [1.165, 1.54) is 36.8 Å². The van der Waals surface area contributed by atoms with Crippen molar-refractivity contribution in [1.82, 2.24) is 5.32 Å². The van der Waals surface area contributed by atoms with Crippen LogP contribution in [0.5, 0.6) is 0 Å². The second-order valence-corrected chi connectivity index (χ2v) is 6.27. The van der Waals surface area contributed by atoms with Crippen LogP contribution in [0, 0.1) is 13.8 Å². The van der Waals surface area contributed by atoms with Crippen LogP contribution in [0.1, 0.15) is 56.2 Å². The summed E-state index contributed by atoms with van der Waals surface area (Å²) in [6.07, 6.45) is 5.16. The highest BCUT2D eigenvalue weighted by Gasteiger charge is 2.36. The summed E-state index contributed by atoms with van der Waals surface area (Å²) in [4.78, 5) is 0. The van der Waals surface area contributed by atoms with Crippen molar-refractivity contribution in [2.75, 3.05) is 6.54 Å². The third-order valence-electron chi connectivity index (χ3n) is 4.47. The minimum absolute atomic E-state index is 0.376. The molecule has 0 saturated heterocycles. The van der Waals surface area contributed by atoms with E-state index >= 15 is 0 Å². The smallest absolute Gasteiger partial charge is 0.00757 e. The van der Waals surface area contributed by atoms with Crippen LogP contribution in [-0.2, 0) is 5.41 Å². The highest BCUT2D eigenvalue weighted by Crippen LogP contribution is 2.42. The molecule has 1 aromatic rings. The summed E-state index contributed by atoms with van der Waals surface area (Å²) in [6.45, 7) is 10.3. The molecule has 0 amide bonds. The van der Waals surface area contributed by atoms with E-state index in [1.54, 1.807) is 5.56 Å². The average Bonchev–Trinajstić information content (AvgIpc) is 2.73. The van der Waals surface area contributed by atoms with E-state index in [1.807, 2.05) is 0 Å². The van der Waals surface area contributed by atoms with Crippen molar-refractivity contribution in [3.05, 3.63) is 34.9 Å². The van der Waals surface area contributed by atoms with Gasteiger partial charge in [-0.15, -0.1) is 0 Å². The Morgan fingerprint density at radius 3 is 2.83 bits per heavy atom. The molecule has 1 aromatic carbocycles. The number of hydrogen-bond donors (Lipinski definition) is 1. The van der Waals surface area contributed by atoms with Gasteiger partial charge in [0.05, 0.1) is 0 Å². The molecule has 1 aliphatic rings. The van der Waals surface area contributed by atoms with E-state index in [2.05, 4.69) is 51.2 Å². The predicted octanol–water partition coefficient (Wildman–Crippen LogP) is 4.11. The molecule has 1 heteroatoms. The lowest BCUT2D eigenvalue weighted by Crippen LogP contribution is -2.29. The molecule has 1 nitrogen and oxygen atoms in total. The molecule has 0 bridgehead atoms. The van der Waals surface area contributed by atoms with Gasteiger partial charge < -0.3 is 5.32 Å². The molecule has 2 rings (SSSR count). The summed E-state index contributed by atoms with van der Waals surface area (Å²) < 4.78 is 0. The first-order chi connectivity index (χ1) is 8.55. The predicted molar refractivity (Wildman–Crippen MR) is 79.2 cm³/mol. The maximum Gasteiger partial charge on any atom is 0.00757 e. The first kappa shape index (κ1) is 13.6. The fourth-order valence-corrected chi connectivity index (χ4v) is 3.39. The molecule has 2 atom stereocenters. The second-order valence-electron chi connectivity index (χ2n) is 6.27. The van der Waals surface area contributed by atoms with Gasteiger partial charge in [0.25, 0.3) is 0 Å². The van der Waals surface area contributed by atoms with Crippen LogP contribution in [0.2, 0.25) is 0 Å². The Morgan fingerprint density at radius 1 is 1.33 bits per heavy atom. The van der Waals surface area contributed by atoms with Crippen molar-refractivity contribution in [2.24, 2.45) is 0 Å². The Kier molecular flexibility index (Phi) is 4.11. The van der Waals surface area contributed by atoms with Crippen LogP contribution < -0.4 is 5.32 Å². The van der Waals surface area contributed by atoms with E-state index in [9.17, 15) is 0 Å². The Morgan fingerprint density at radius 2 is 2.11 bits per heavy atom. The highest BCUT2D eigenvalue weighted by molar-refractivity contribution is 5.37. The van der Waals surface area contributed by atoms with Crippen molar-refractivity contribution < 1.29 is 0 Å². The molecule has 0 heterocycles. The van der Waals surface area contributed by atoms with E-state index in [0.717, 1.165) is 12.6 Å². The van der Waals surface area contributed by atoms with Gasteiger partial charge in [-0.1, -0.05) is 37.6 Å². The number of benzene rings is 1. The first-order valence-electron chi connectivity index (χ1n) is 7.36. The van der Waals surface area contributed by atoms with Gasteiger partial charge in [0, 0.05) is 6.04 Å². The van der Waals surface area contributed by atoms with Crippen LogP contribution in [0.3, 0.4) is 0 Å². The van der Waals surface area contributed by atoms with Gasteiger partial charge in [-0.25, -0.2) is 0 Å². The second kappa shape index (κ2) is 5.44. The Hall–Kier alpha value is -0.820. The Balaban J connectivity index is 2.15. The maximum atomic E-state index is 3.69. The van der Waals surface area contributed by atoms with Gasteiger partial charge in [0.15, 0.2) is 0 Å². The van der Waals surface area contributed by atoms with Crippen LogP contribution in [0.4, 0.5) is 0 Å². The summed E-state index contributed by atoms with van der Waals surface area (Å²) in [6, 6.07) is 7.62. The van der Waals surface area contributed by atoms with Gasteiger partial charge in [-0.2, -0.15) is 0 Å². The van der Waals surface area contributed by atoms with Crippen molar-refractivity contribution in [1.29, 1.82) is 0 Å². The number of rotatable bonds is 4. The first-order valence-corrected chi connectivity index (χ1v) is 7.36. The fraction of sp³-hybridized carbons (Fsp3) is 0.647. The molecule has 1 fully saturated rings. The van der Waals surface area contributed by atoms with Gasteiger partial charge in [0.2, 0.25) is 0 Å². The van der Waals surface area contributed by atoms with Crippen molar-refractivity contribution in [3.63, 3.8) is 0 Å². The molecule has 18 heavy (non-hydrogen) atoms. The lowest BCUT2D eigenvalue weighted by atomic mass is 9.78. The van der Waals surface area contributed by atoms with E-state index < -0.39 is 0 Å². The summed E-state index contributed by atoms with van der Waals surface area (Å²) in [5.41, 5.74) is 4.80. The van der Waals surface area contributed by atoms with E-state index in [4.69, 9.17) is 0 Å². The van der Waals surface area contributed by atoms with Crippen molar-refractivity contribution in [3.8, 4) is 0 Å². The SMILES string of the molecule is CCCNC1CCC(C)(c2cc(C)ccc2C)C1. The molecule has 0 spiro atoms. The minimum atomic E-state index is 0.376. The molecule has 100 valence electrons. The Bertz CT molecular complexity index is 410. The number of hydrogen-bond acceptors (Lipinski definition) is 1. The lowest BCUT2D eigenvalue weighted by Gasteiger charge is -2.27. The maximum absolute atomic E-state index is 3.69. The zero-order chi connectivity index (χ0) is 13.2. The molecular weight excluding hydrogens is 218 g/mol. The standard InChI is InChI=1S/C17H27N/c1-5-10-18-15-8-9-17(4,12-15)16-11-13(2)6-7-14(16)3/h6-7,11,15,18H,5,8-10,12H2,1-4H3. The zero-order valence-corrected chi connectivity index (χ0v) is 12.3. The molecule has 0 aliphatic heterocycles. The molecule has 1 N–H and O–H groups in total. The largest absolute Gasteiger partial charge is 0.314 e. The normalized spacial score (nSPS) is 27.7. The summed E-state index contributed by atoms with van der Waals surface area (Å²) >= 11 is 0. The minimum Gasteiger partial charge on any atom is -0.314 e. The van der Waals surface area contributed by atoms with E-state index in [-0.39, 0.29) is 0 Å². The summed E-state index contributed by atoms with van der Waals surface area (Å²) in [5, 5.41) is 3.69. The van der Waals surface area contributed by atoms with Crippen LogP contribution in [-0.4, -0.2) is 12.6 Å². The number of aryl methyl sites for hydroxylation is 2. The average molecular weight is 245 g/mol. The third kappa shape index (κ3) is 2.77. The van der Waals surface area contributed by atoms with Gasteiger partial charge in [0.1, 0.15) is 0 Å². The van der Waals surface area contributed by atoms with Crippen LogP contribution >= 0.6 is 0 Å². The fourth-order valence-electron chi connectivity index (χ4n) is 3.39. The van der Waals surface area contributed by atoms with Crippen molar-refractivity contribution >= 4 is 0 Å². The van der Waals surface area contributed by atoms with Gasteiger partial charge >= 0.3 is 0 Å². The Labute approximate surface area is 112 Å². The topological polar surface area (TPSA) is 12.0 Å². The molecular formula is C17H27N. The quantitative estimate of drug-likeness (QED) is 0.841. The van der Waals surface area contributed by atoms with Crippen LogP contribution in [0.25, 0.3) is 0 Å². The molecule has 1 aliphatic carbocycles. The molecule has 0 aromatic heterocycles. The van der Waals surface area contributed by atoms with Gasteiger partial charge in [-0.3, -0.25) is 0 Å². The highest BCUT2D eigenvalue weighted by atomic mass is 14.9. The lowest BCUT2D eigenvalue weighted by molar-refractivity contribution is 0.451. The monoisotopic (exact) mass is 245 g/mol. The third-order valence-corrected chi connectivity index (χ3v) is 4.47. The molecule has 1 saturated carbocycles. The molecule has 0 radical (unpaired) electrons. The van der Waals surface area contributed by atoms with Crippen LogP contribution in [0.15, 0.2) is 18.2 Å². The summed E-state index contributed by atoms with van der Waals surface area (Å²) in [7, 11) is 0. The van der Waals surface area contributed by atoms with E-state index in [0.29, 0.717) is 5.41 Å². The molecule has 2 unspecified atom stereocenters. The zero-order valence-electron chi connectivity index (χ0n) is 12.3.